The topological polar surface area (TPSA) is 37.8 Å². The van der Waals surface area contributed by atoms with Crippen molar-refractivity contribution in [3.63, 3.8) is 0 Å². The Kier molecular flexibility index (Phi) is 4.99. The molecule has 1 rings (SSSR count). The van der Waals surface area contributed by atoms with Gasteiger partial charge < -0.3 is 5.32 Å². The lowest BCUT2D eigenvalue weighted by atomic mass is 9.81. The number of rotatable bonds is 4. The van der Waals surface area contributed by atoms with E-state index in [1.54, 1.807) is 0 Å². The summed E-state index contributed by atoms with van der Waals surface area (Å²) in [6.45, 7) is 16.3. The van der Waals surface area contributed by atoms with Crippen LogP contribution in [0.2, 0.25) is 0 Å². The molecule has 0 saturated carbocycles. The molecule has 0 unspecified atom stereocenters. The molecular formula is C15H26BrN3. The number of nitrogens with zero attached hydrogens (tertiary/aromatic N) is 2. The molecule has 1 aromatic heterocycles. The zero-order chi connectivity index (χ0) is 14.8. The Bertz CT molecular complexity index is 434. The average Bonchev–Trinajstić information content (AvgIpc) is 2.24. The van der Waals surface area contributed by atoms with Gasteiger partial charge in [0, 0.05) is 18.0 Å². The highest BCUT2D eigenvalue weighted by Crippen LogP contribution is 2.27. The molecule has 0 saturated heterocycles. The summed E-state index contributed by atoms with van der Waals surface area (Å²) in [5.74, 6) is 2.36. The summed E-state index contributed by atoms with van der Waals surface area (Å²) >= 11 is 3.46. The van der Waals surface area contributed by atoms with Crippen molar-refractivity contribution in [2.24, 2.45) is 11.3 Å². The van der Waals surface area contributed by atoms with Gasteiger partial charge in [-0.1, -0.05) is 48.5 Å². The normalized spacial score (nSPS) is 12.9. The smallest absolute Gasteiger partial charge is 0.137 e. The summed E-state index contributed by atoms with van der Waals surface area (Å²) in [4.78, 5) is 9.07. The van der Waals surface area contributed by atoms with Crippen molar-refractivity contribution in [3.05, 3.63) is 16.5 Å². The summed E-state index contributed by atoms with van der Waals surface area (Å²) < 4.78 is 0.831. The summed E-state index contributed by atoms with van der Waals surface area (Å²) in [7, 11) is 0. The molecule has 3 nitrogen and oxygen atoms in total. The van der Waals surface area contributed by atoms with Crippen molar-refractivity contribution < 1.29 is 0 Å². The summed E-state index contributed by atoms with van der Waals surface area (Å²) in [5, 5.41) is 3.44. The zero-order valence-corrected chi connectivity index (χ0v) is 14.7. The van der Waals surface area contributed by atoms with Crippen LogP contribution in [0, 0.1) is 11.3 Å². The summed E-state index contributed by atoms with van der Waals surface area (Å²) in [6.07, 6.45) is 0. The summed E-state index contributed by atoms with van der Waals surface area (Å²) in [6, 6.07) is 1.94. The number of hydrogen-bond acceptors (Lipinski definition) is 3. The van der Waals surface area contributed by atoms with Crippen molar-refractivity contribution in [2.75, 3.05) is 11.9 Å². The van der Waals surface area contributed by atoms with Crippen LogP contribution in [0.1, 0.15) is 54.3 Å². The Morgan fingerprint density at radius 3 is 2.21 bits per heavy atom. The fourth-order valence-electron chi connectivity index (χ4n) is 1.37. The van der Waals surface area contributed by atoms with E-state index in [-0.39, 0.29) is 10.8 Å². The molecule has 1 heterocycles. The van der Waals surface area contributed by atoms with Gasteiger partial charge in [0.15, 0.2) is 0 Å². The maximum atomic E-state index is 4.62. The van der Waals surface area contributed by atoms with Crippen LogP contribution in [0.3, 0.4) is 0 Å². The van der Waals surface area contributed by atoms with Gasteiger partial charge in [0.25, 0.3) is 0 Å². The summed E-state index contributed by atoms with van der Waals surface area (Å²) in [5.41, 5.74) is 0.188. The van der Waals surface area contributed by atoms with Gasteiger partial charge in [0.1, 0.15) is 16.2 Å². The van der Waals surface area contributed by atoms with Crippen LogP contribution in [-0.4, -0.2) is 16.5 Å². The Hall–Kier alpha value is -0.640. The first-order chi connectivity index (χ1) is 8.52. The first-order valence-electron chi connectivity index (χ1n) is 6.81. The average molecular weight is 328 g/mol. The third-order valence-corrected chi connectivity index (χ3v) is 4.06. The van der Waals surface area contributed by atoms with E-state index >= 15 is 0 Å². The second kappa shape index (κ2) is 5.78. The third-order valence-electron chi connectivity index (χ3n) is 3.65. The molecule has 0 fully saturated rings. The first-order valence-corrected chi connectivity index (χ1v) is 7.60. The van der Waals surface area contributed by atoms with Crippen LogP contribution in [0.25, 0.3) is 0 Å². The van der Waals surface area contributed by atoms with Crippen LogP contribution in [0.4, 0.5) is 5.82 Å². The number of hydrogen-bond donors (Lipinski definition) is 1. The van der Waals surface area contributed by atoms with Crippen LogP contribution in [0.15, 0.2) is 10.7 Å². The van der Waals surface area contributed by atoms with Crippen molar-refractivity contribution in [1.29, 1.82) is 0 Å². The molecule has 1 N–H and O–H groups in total. The van der Waals surface area contributed by atoms with Crippen molar-refractivity contribution in [2.45, 2.75) is 53.9 Å². The third kappa shape index (κ3) is 4.75. The van der Waals surface area contributed by atoms with Crippen LogP contribution in [0.5, 0.6) is 0 Å². The van der Waals surface area contributed by atoms with Crippen LogP contribution >= 0.6 is 15.9 Å². The van der Waals surface area contributed by atoms with Crippen LogP contribution in [-0.2, 0) is 5.41 Å². The zero-order valence-electron chi connectivity index (χ0n) is 13.1. The van der Waals surface area contributed by atoms with Gasteiger partial charge in [-0.25, -0.2) is 9.97 Å². The van der Waals surface area contributed by atoms with Gasteiger partial charge in [0.05, 0.1) is 0 Å². The maximum absolute atomic E-state index is 4.62. The molecule has 0 bridgehead atoms. The van der Waals surface area contributed by atoms with Gasteiger partial charge in [-0.05, 0) is 27.3 Å². The molecule has 0 radical (unpaired) electrons. The molecule has 108 valence electrons. The van der Waals surface area contributed by atoms with Crippen molar-refractivity contribution in [3.8, 4) is 0 Å². The monoisotopic (exact) mass is 327 g/mol. The number of aromatic nitrogens is 2. The molecule has 0 atom stereocenters. The maximum Gasteiger partial charge on any atom is 0.137 e. The molecule has 4 heteroatoms. The minimum Gasteiger partial charge on any atom is -0.369 e. The van der Waals surface area contributed by atoms with E-state index in [9.17, 15) is 0 Å². The fourth-order valence-corrected chi connectivity index (χ4v) is 1.75. The molecule has 0 aromatic carbocycles. The second-order valence-corrected chi connectivity index (χ2v) is 7.96. The Morgan fingerprint density at radius 2 is 1.74 bits per heavy atom. The van der Waals surface area contributed by atoms with E-state index < -0.39 is 0 Å². The largest absolute Gasteiger partial charge is 0.369 e. The van der Waals surface area contributed by atoms with E-state index in [1.807, 2.05) is 6.07 Å². The quantitative estimate of drug-likeness (QED) is 0.819. The van der Waals surface area contributed by atoms with Gasteiger partial charge in [0.2, 0.25) is 0 Å². The van der Waals surface area contributed by atoms with Crippen molar-refractivity contribution >= 4 is 21.7 Å². The minimum atomic E-state index is -0.0478. The highest BCUT2D eigenvalue weighted by Gasteiger charge is 2.23. The van der Waals surface area contributed by atoms with Crippen molar-refractivity contribution in [1.82, 2.24) is 9.97 Å². The molecule has 0 aliphatic carbocycles. The Morgan fingerprint density at radius 1 is 1.16 bits per heavy atom. The lowest BCUT2D eigenvalue weighted by molar-refractivity contribution is 0.269. The van der Waals surface area contributed by atoms with E-state index in [0.717, 1.165) is 22.8 Å². The molecule has 0 spiro atoms. The predicted molar refractivity (Wildman–Crippen MR) is 85.5 cm³/mol. The highest BCUT2D eigenvalue weighted by atomic mass is 79.9. The standard InChI is InChI=1S/C15H26BrN3/c1-10(2)15(6,7)9-17-12-8-11(16)18-13(19-12)14(3,4)5/h8,10H,9H2,1-7H3,(H,17,18,19). The van der Waals surface area contributed by atoms with E-state index in [1.165, 1.54) is 0 Å². The lowest BCUT2D eigenvalue weighted by Crippen LogP contribution is -2.29. The fraction of sp³-hybridized carbons (Fsp3) is 0.733. The van der Waals surface area contributed by atoms with Crippen LogP contribution < -0.4 is 5.32 Å². The Balaban J connectivity index is 2.88. The van der Waals surface area contributed by atoms with E-state index in [0.29, 0.717) is 5.92 Å². The SMILES string of the molecule is CC(C)C(C)(C)CNc1cc(Br)nc(C(C)(C)C)n1. The molecule has 0 aliphatic heterocycles. The number of anilines is 1. The highest BCUT2D eigenvalue weighted by molar-refractivity contribution is 9.10. The van der Waals surface area contributed by atoms with Gasteiger partial charge in [-0.3, -0.25) is 0 Å². The van der Waals surface area contributed by atoms with E-state index in [4.69, 9.17) is 0 Å². The predicted octanol–water partition coefficient (Wildman–Crippen LogP) is 4.63. The molecule has 1 aromatic rings. The Labute approximate surface area is 125 Å². The molecule has 0 aliphatic rings. The van der Waals surface area contributed by atoms with Gasteiger partial charge >= 0.3 is 0 Å². The minimum absolute atomic E-state index is 0.0478. The first kappa shape index (κ1) is 16.4. The molecule has 0 amide bonds. The van der Waals surface area contributed by atoms with Gasteiger partial charge in [-0.15, -0.1) is 0 Å². The lowest BCUT2D eigenvalue weighted by Gasteiger charge is -2.29. The molecule has 19 heavy (non-hydrogen) atoms. The number of halogens is 1. The van der Waals surface area contributed by atoms with E-state index in [2.05, 4.69) is 79.7 Å². The second-order valence-electron chi connectivity index (χ2n) is 7.15. The van der Waals surface area contributed by atoms with Gasteiger partial charge in [-0.2, -0.15) is 0 Å². The molecular weight excluding hydrogens is 302 g/mol. The number of nitrogens with one attached hydrogen (secondary N) is 1.